The highest BCUT2D eigenvalue weighted by atomic mass is 16.7. The highest BCUT2D eigenvalue weighted by Gasteiger charge is 2.59. The van der Waals surface area contributed by atoms with Crippen LogP contribution in [-0.4, -0.2) is 180 Å². The number of fused-ring (bicyclic) bond motifs is 1. The van der Waals surface area contributed by atoms with E-state index in [1.807, 2.05) is 255 Å². The van der Waals surface area contributed by atoms with Crippen LogP contribution in [0.4, 0.5) is 0 Å². The maximum atomic E-state index is 12.8. The number of rotatable bonds is 30. The fourth-order valence-electron chi connectivity index (χ4n) is 12.9. The van der Waals surface area contributed by atoms with E-state index in [2.05, 4.69) is 26.6 Å². The predicted octanol–water partition coefficient (Wildman–Crippen LogP) is 8.57. The summed E-state index contributed by atoms with van der Waals surface area (Å²) in [6, 6.07) is 40.5. The topological polar surface area (TPSA) is 453 Å². The van der Waals surface area contributed by atoms with Crippen molar-refractivity contribution in [1.82, 2.24) is 26.6 Å². The van der Waals surface area contributed by atoms with E-state index in [1.165, 1.54) is 5.56 Å². The molecule has 5 fully saturated rings. The molecule has 5 aliphatic heterocycles. The zero-order valence-corrected chi connectivity index (χ0v) is 74.7. The molecule has 0 radical (unpaired) electrons. The van der Waals surface area contributed by atoms with Crippen LogP contribution in [0.5, 0.6) is 0 Å². The highest BCUT2D eigenvalue weighted by molar-refractivity contribution is 6.50. The Bertz CT molecular complexity index is 4310. The molecule has 30 nitrogen and oxygen atoms in total. The van der Waals surface area contributed by atoms with Crippen LogP contribution in [0.1, 0.15) is 243 Å². The third kappa shape index (κ3) is 28.5. The smallest absolute Gasteiger partial charge is 0.402 e. The molecule has 0 aromatic heterocycles. The van der Waals surface area contributed by atoms with E-state index in [4.69, 9.17) is 75.2 Å². The molecule has 10 amide bonds. The monoisotopic (exact) mass is 1680 g/mol. The standard InChI is InChI=1S/C22H27BN2O4.C20H25BN2O4.C19H29BN2O4.C13H25BN2O4.C12H23BN2O4/c1-21(2)22(3,4)29-23(28-21)18(14-19(24)26)25-20(27)17-12-10-16(11-13-17)15-8-6-5-7-9-15;1-19(2)20(3,4)27-21(26-19)16(12-17(22)24)23-18(25)15-10-9-13-7-5-6-8-14(13)11-15;1-18(2)19(3,4)26-20(25-18)15(13-16(21)23)22-17(24)12-8-11-14-9-6-5-7-10-14;1-6-7-11(18)16-9(8-10(15)17)14-19-12(2,3)13(4,5)20-14;1-6-10(17)15-8(7-9(14)16)13-18-11(2,3)12(4,5)19-13/h5-13,18H,14H2,1-4H3,(H2,24,26)(H,25,27);5-11,16H,12H2,1-4H3,(H2,22,24)(H,23,25);5-7,9-10,15H,8,11-13H2,1-4H3,(H2,21,23)(H,22,24);9H,6-8H2,1-5H3,(H2,15,17)(H,16,18);8H,6-7H2,1-5H3,(H2,14,16)(H,15,17)/t18-;16-;15-;9-;8-/m11111/s1. The molecule has 121 heavy (non-hydrogen) atoms. The molecule has 5 aromatic carbocycles. The molecule has 658 valence electrons. The summed E-state index contributed by atoms with van der Waals surface area (Å²) in [6.45, 7) is 42.0. The van der Waals surface area contributed by atoms with E-state index in [0.717, 1.165) is 41.2 Å². The van der Waals surface area contributed by atoms with E-state index >= 15 is 0 Å². The summed E-state index contributed by atoms with van der Waals surface area (Å²) in [5.74, 6) is -6.72. The highest BCUT2D eigenvalue weighted by Crippen LogP contribution is 2.43. The van der Waals surface area contributed by atoms with E-state index < -0.39 is 151 Å². The molecule has 0 saturated carbocycles. The number of hydrogen-bond donors (Lipinski definition) is 10. The molecule has 5 aromatic rings. The molecular weight excluding hydrogens is 1550 g/mol. The number of aryl methyl sites for hydroxylation is 1. The van der Waals surface area contributed by atoms with Crippen molar-refractivity contribution < 1.29 is 94.5 Å². The average Bonchev–Trinajstić information content (AvgIpc) is 1.69. The second-order valence-corrected chi connectivity index (χ2v) is 36.1. The molecule has 5 aliphatic rings. The Morgan fingerprint density at radius 1 is 0.306 bits per heavy atom. The molecule has 5 atom stereocenters. The van der Waals surface area contributed by atoms with Gasteiger partial charge in [0, 0.05) is 62.5 Å². The van der Waals surface area contributed by atoms with Crippen molar-refractivity contribution in [2.45, 2.75) is 309 Å². The van der Waals surface area contributed by atoms with E-state index in [9.17, 15) is 47.9 Å². The van der Waals surface area contributed by atoms with Crippen LogP contribution >= 0.6 is 0 Å². The quantitative estimate of drug-likeness (QED) is 0.0192. The summed E-state index contributed by atoms with van der Waals surface area (Å²) in [5, 5.41) is 16.1. The lowest BCUT2D eigenvalue weighted by atomic mass is 9.76. The number of benzene rings is 5. The van der Waals surface area contributed by atoms with Gasteiger partial charge in [0.05, 0.1) is 85.7 Å². The minimum Gasteiger partial charge on any atom is -0.402 e. The van der Waals surface area contributed by atoms with Gasteiger partial charge in [-0.1, -0.05) is 117 Å². The molecular formula is C86H129B5N10O20. The third-order valence-electron chi connectivity index (χ3n) is 23.6. The minimum atomic E-state index is -0.764. The molecule has 0 spiro atoms. The second-order valence-electron chi connectivity index (χ2n) is 36.1. The van der Waals surface area contributed by atoms with Gasteiger partial charge in [-0.2, -0.15) is 0 Å². The van der Waals surface area contributed by atoms with Gasteiger partial charge < -0.3 is 102 Å². The normalized spacial score (nSPS) is 19.8. The van der Waals surface area contributed by atoms with Crippen molar-refractivity contribution in [2.75, 3.05) is 0 Å². The Kier molecular flexibility index (Phi) is 34.9. The number of hydrogen-bond acceptors (Lipinski definition) is 20. The van der Waals surface area contributed by atoms with Gasteiger partial charge in [0.25, 0.3) is 11.8 Å². The Hall–Kier alpha value is -9.02. The summed E-state index contributed by atoms with van der Waals surface area (Å²) in [5.41, 5.74) is 25.4. The van der Waals surface area contributed by atoms with E-state index in [0.29, 0.717) is 30.4 Å². The van der Waals surface area contributed by atoms with Crippen molar-refractivity contribution in [3.63, 3.8) is 0 Å². The molecule has 35 heteroatoms. The van der Waals surface area contributed by atoms with Crippen LogP contribution in [0, 0.1) is 0 Å². The third-order valence-corrected chi connectivity index (χ3v) is 23.6. The van der Waals surface area contributed by atoms with Crippen LogP contribution in [0.3, 0.4) is 0 Å². The zero-order valence-electron chi connectivity index (χ0n) is 74.7. The van der Waals surface area contributed by atoms with Crippen molar-refractivity contribution in [3.05, 3.63) is 144 Å². The Morgan fingerprint density at radius 2 is 0.570 bits per heavy atom. The summed E-state index contributed by atoms with van der Waals surface area (Å²) in [6.07, 6.45) is 3.18. The largest absolute Gasteiger partial charge is 0.482 e. The van der Waals surface area contributed by atoms with Crippen molar-refractivity contribution in [1.29, 1.82) is 0 Å². The second kappa shape index (κ2) is 41.9. The van der Waals surface area contributed by atoms with Gasteiger partial charge in [-0.3, -0.25) is 47.9 Å². The first kappa shape index (κ1) is 101. The Balaban J connectivity index is 0.000000237. The number of nitrogens with one attached hydrogen (secondary N) is 5. The Labute approximate surface area is 715 Å². The van der Waals surface area contributed by atoms with Crippen molar-refractivity contribution in [2.24, 2.45) is 28.7 Å². The van der Waals surface area contributed by atoms with Gasteiger partial charge in [-0.25, -0.2) is 0 Å². The van der Waals surface area contributed by atoms with Gasteiger partial charge >= 0.3 is 35.6 Å². The number of amides is 10. The molecule has 0 unspecified atom stereocenters. The van der Waals surface area contributed by atoms with Crippen LogP contribution in [-0.2, 0) is 91.3 Å². The first-order valence-corrected chi connectivity index (χ1v) is 41.3. The predicted molar refractivity (Wildman–Crippen MR) is 468 cm³/mol. The molecule has 5 saturated heterocycles. The summed E-state index contributed by atoms with van der Waals surface area (Å²) >= 11 is 0. The zero-order chi connectivity index (χ0) is 90.8. The molecule has 10 rings (SSSR count). The van der Waals surface area contributed by atoms with Gasteiger partial charge in [0.15, 0.2) is 0 Å². The minimum absolute atomic E-state index is 0.00766. The SMILES string of the molecule is CC1(C)OB([C@@H](CC(N)=O)NC(=O)CCCc2ccccc2)OC1(C)C.CC1(C)OB([C@@H](CC(N)=O)NC(=O)c2ccc(-c3ccccc3)cc2)OC1(C)C.CC1(C)OB([C@@H](CC(N)=O)NC(=O)c2ccc3ccccc3c2)OC1(C)C.CCC(=O)N[C@H](CC(N)=O)B1OC(C)(C)C(C)(C)O1.CCCC(=O)N[C@H](CC(N)=O)B1OC(C)(C)C(C)(C)O1. The van der Waals surface area contributed by atoms with E-state index in [-0.39, 0.29) is 61.6 Å². The molecule has 5 heterocycles. The fraction of sp³-hybridized carbons (Fsp3) is 0.558. The van der Waals surface area contributed by atoms with Crippen LogP contribution in [0.15, 0.2) is 127 Å². The number of carbonyl (C=O) groups excluding carboxylic acids is 10. The lowest BCUT2D eigenvalue weighted by Gasteiger charge is -2.32. The maximum absolute atomic E-state index is 12.8. The number of carbonyl (C=O) groups is 10. The van der Waals surface area contributed by atoms with Crippen molar-refractivity contribution in [3.8, 4) is 11.1 Å². The van der Waals surface area contributed by atoms with Crippen LogP contribution in [0.2, 0.25) is 0 Å². The molecule has 0 aliphatic carbocycles. The fourth-order valence-corrected chi connectivity index (χ4v) is 12.9. The first-order valence-electron chi connectivity index (χ1n) is 41.3. The molecule has 0 bridgehead atoms. The summed E-state index contributed by atoms with van der Waals surface area (Å²) in [7, 11) is -3.57. The van der Waals surface area contributed by atoms with Crippen molar-refractivity contribution >= 4 is 105 Å². The van der Waals surface area contributed by atoms with Gasteiger partial charge in [-0.05, 0) is 209 Å². The average molecular weight is 1680 g/mol. The summed E-state index contributed by atoms with van der Waals surface area (Å²) < 4.78 is 59.3. The number of nitrogens with two attached hydrogens (primary N) is 5. The Morgan fingerprint density at radius 3 is 0.884 bits per heavy atom. The molecule has 15 N–H and O–H groups in total. The van der Waals surface area contributed by atoms with Crippen LogP contribution in [0.25, 0.3) is 21.9 Å². The van der Waals surface area contributed by atoms with Gasteiger partial charge in [-0.15, -0.1) is 0 Å². The summed E-state index contributed by atoms with van der Waals surface area (Å²) in [4.78, 5) is 118. The van der Waals surface area contributed by atoms with E-state index in [1.54, 1.807) is 25.1 Å². The van der Waals surface area contributed by atoms with Gasteiger partial charge in [0.1, 0.15) is 0 Å². The maximum Gasteiger partial charge on any atom is 0.482 e. The van der Waals surface area contributed by atoms with Gasteiger partial charge in [0.2, 0.25) is 47.3 Å². The van der Waals surface area contributed by atoms with Crippen LogP contribution < -0.4 is 55.3 Å². The first-order chi connectivity index (χ1) is 56.0. The lowest BCUT2D eigenvalue weighted by molar-refractivity contribution is -0.123. The number of primary amides is 5. The lowest BCUT2D eigenvalue weighted by Crippen LogP contribution is -2.50.